The van der Waals surface area contributed by atoms with Crippen LogP contribution in [0.2, 0.25) is 0 Å². The van der Waals surface area contributed by atoms with Crippen LogP contribution in [0.15, 0.2) is 48.5 Å². The van der Waals surface area contributed by atoms with E-state index in [0.29, 0.717) is 16.6 Å². The highest BCUT2D eigenvalue weighted by molar-refractivity contribution is 7.16. The highest BCUT2D eigenvalue weighted by Gasteiger charge is 2.12. The Morgan fingerprint density at radius 3 is 2.65 bits per heavy atom. The standard InChI is InChI=1S/C19H17FN2O3S/c1-12-18(13-6-8-14(20)9-7-13)22-19(26-12)21-17(23)11-25-16-5-3-4-15(10-16)24-2/h3-10H,11H2,1-2H3,(H,21,22,23). The molecule has 1 heterocycles. The summed E-state index contributed by atoms with van der Waals surface area (Å²) in [5.74, 6) is 0.585. The monoisotopic (exact) mass is 372 g/mol. The number of aryl methyl sites for hydroxylation is 1. The lowest BCUT2D eigenvalue weighted by molar-refractivity contribution is -0.118. The predicted molar refractivity (Wildman–Crippen MR) is 99.4 cm³/mol. The van der Waals surface area contributed by atoms with Gasteiger partial charge in [0.1, 0.15) is 17.3 Å². The average molecular weight is 372 g/mol. The number of nitrogens with zero attached hydrogens (tertiary/aromatic N) is 1. The number of aromatic nitrogens is 1. The third-order valence-electron chi connectivity index (χ3n) is 3.57. The first-order valence-corrected chi connectivity index (χ1v) is 8.67. The van der Waals surface area contributed by atoms with Crippen LogP contribution < -0.4 is 14.8 Å². The lowest BCUT2D eigenvalue weighted by atomic mass is 10.1. The maximum atomic E-state index is 13.1. The number of anilines is 1. The fourth-order valence-electron chi connectivity index (χ4n) is 2.32. The molecule has 0 aliphatic rings. The van der Waals surface area contributed by atoms with Gasteiger partial charge in [-0.2, -0.15) is 0 Å². The summed E-state index contributed by atoms with van der Waals surface area (Å²) in [6, 6.07) is 13.1. The van der Waals surface area contributed by atoms with Gasteiger partial charge in [0, 0.05) is 16.5 Å². The zero-order chi connectivity index (χ0) is 18.5. The van der Waals surface area contributed by atoms with Gasteiger partial charge in [-0.3, -0.25) is 10.1 Å². The van der Waals surface area contributed by atoms with E-state index in [-0.39, 0.29) is 18.3 Å². The number of rotatable bonds is 6. The van der Waals surface area contributed by atoms with Crippen LogP contribution in [-0.2, 0) is 4.79 Å². The third-order valence-corrected chi connectivity index (χ3v) is 4.46. The lowest BCUT2D eigenvalue weighted by Crippen LogP contribution is -2.20. The number of carbonyl (C=O) groups excluding carboxylic acids is 1. The second kappa shape index (κ2) is 7.97. The molecule has 0 saturated heterocycles. The Labute approximate surface area is 154 Å². The van der Waals surface area contributed by atoms with Crippen molar-refractivity contribution in [3.8, 4) is 22.8 Å². The highest BCUT2D eigenvalue weighted by Crippen LogP contribution is 2.30. The van der Waals surface area contributed by atoms with Gasteiger partial charge >= 0.3 is 0 Å². The smallest absolute Gasteiger partial charge is 0.264 e. The van der Waals surface area contributed by atoms with Crippen molar-refractivity contribution in [2.45, 2.75) is 6.92 Å². The molecule has 3 aromatic rings. The zero-order valence-electron chi connectivity index (χ0n) is 14.3. The number of ether oxygens (including phenoxy) is 2. The molecule has 0 fully saturated rings. The van der Waals surface area contributed by atoms with Gasteiger partial charge in [-0.25, -0.2) is 9.37 Å². The van der Waals surface area contributed by atoms with Gasteiger partial charge in [0.2, 0.25) is 0 Å². The van der Waals surface area contributed by atoms with E-state index in [4.69, 9.17) is 9.47 Å². The topological polar surface area (TPSA) is 60.5 Å². The molecule has 134 valence electrons. The predicted octanol–water partition coefficient (Wildman–Crippen LogP) is 4.28. The number of hydrogen-bond donors (Lipinski definition) is 1. The molecule has 0 radical (unpaired) electrons. The Balaban J connectivity index is 1.62. The van der Waals surface area contributed by atoms with Crippen LogP contribution in [0.4, 0.5) is 9.52 Å². The van der Waals surface area contributed by atoms with Crippen molar-refractivity contribution in [2.24, 2.45) is 0 Å². The molecular weight excluding hydrogens is 355 g/mol. The van der Waals surface area contributed by atoms with E-state index in [1.165, 1.54) is 23.5 Å². The van der Waals surface area contributed by atoms with Crippen LogP contribution in [0.1, 0.15) is 4.88 Å². The lowest BCUT2D eigenvalue weighted by Gasteiger charge is -2.07. The fourth-order valence-corrected chi connectivity index (χ4v) is 3.17. The number of methoxy groups -OCH3 is 1. The molecule has 0 unspecified atom stereocenters. The summed E-state index contributed by atoms with van der Waals surface area (Å²) in [5.41, 5.74) is 1.52. The first kappa shape index (κ1) is 17.9. The maximum Gasteiger partial charge on any atom is 0.264 e. The van der Waals surface area contributed by atoms with Crippen molar-refractivity contribution >= 4 is 22.4 Å². The summed E-state index contributed by atoms with van der Waals surface area (Å²) in [4.78, 5) is 17.4. The van der Waals surface area contributed by atoms with Crippen molar-refractivity contribution < 1.29 is 18.7 Å². The van der Waals surface area contributed by atoms with E-state index in [2.05, 4.69) is 10.3 Å². The average Bonchev–Trinajstić information content (AvgIpc) is 3.01. The van der Waals surface area contributed by atoms with Crippen molar-refractivity contribution in [1.29, 1.82) is 0 Å². The number of nitrogens with one attached hydrogen (secondary N) is 1. The maximum absolute atomic E-state index is 13.1. The molecule has 26 heavy (non-hydrogen) atoms. The second-order valence-corrected chi connectivity index (χ2v) is 6.65. The van der Waals surface area contributed by atoms with Gasteiger partial charge < -0.3 is 9.47 Å². The minimum absolute atomic E-state index is 0.141. The summed E-state index contributed by atoms with van der Waals surface area (Å²) in [6.07, 6.45) is 0. The molecule has 1 aromatic heterocycles. The number of carbonyl (C=O) groups is 1. The molecular formula is C19H17FN2O3S. The molecule has 7 heteroatoms. The van der Waals surface area contributed by atoms with Crippen molar-refractivity contribution in [2.75, 3.05) is 19.0 Å². The number of amides is 1. The van der Waals surface area contributed by atoms with Crippen LogP contribution in [0.25, 0.3) is 11.3 Å². The van der Waals surface area contributed by atoms with Gasteiger partial charge in [0.05, 0.1) is 12.8 Å². The Morgan fingerprint density at radius 2 is 1.92 bits per heavy atom. The molecule has 2 aromatic carbocycles. The minimum Gasteiger partial charge on any atom is -0.497 e. The van der Waals surface area contributed by atoms with Gasteiger partial charge in [-0.15, -0.1) is 11.3 Å². The Morgan fingerprint density at radius 1 is 1.19 bits per heavy atom. The number of hydrogen-bond acceptors (Lipinski definition) is 5. The third kappa shape index (κ3) is 4.37. The van der Waals surface area contributed by atoms with Crippen LogP contribution >= 0.6 is 11.3 Å². The summed E-state index contributed by atoms with van der Waals surface area (Å²) in [5, 5.41) is 3.19. The van der Waals surface area contributed by atoms with Gasteiger partial charge in [-0.05, 0) is 43.3 Å². The summed E-state index contributed by atoms with van der Waals surface area (Å²) in [7, 11) is 1.56. The summed E-state index contributed by atoms with van der Waals surface area (Å²) < 4.78 is 23.6. The molecule has 3 rings (SSSR count). The van der Waals surface area contributed by atoms with Crippen LogP contribution in [0.5, 0.6) is 11.5 Å². The Kier molecular flexibility index (Phi) is 5.48. The molecule has 0 bridgehead atoms. The van der Waals surface area contributed by atoms with Crippen LogP contribution in [0, 0.1) is 12.7 Å². The van der Waals surface area contributed by atoms with Gasteiger partial charge in [0.15, 0.2) is 11.7 Å². The molecule has 0 spiro atoms. The highest BCUT2D eigenvalue weighted by atomic mass is 32.1. The number of halogens is 1. The molecule has 5 nitrogen and oxygen atoms in total. The normalized spacial score (nSPS) is 10.4. The van der Waals surface area contributed by atoms with E-state index < -0.39 is 0 Å². The Hall–Kier alpha value is -2.93. The molecule has 0 aliphatic carbocycles. The van der Waals surface area contributed by atoms with E-state index in [9.17, 15) is 9.18 Å². The first-order valence-electron chi connectivity index (χ1n) is 7.85. The first-order chi connectivity index (χ1) is 12.5. The molecule has 0 saturated carbocycles. The summed E-state index contributed by atoms with van der Waals surface area (Å²) >= 11 is 1.36. The number of benzene rings is 2. The van der Waals surface area contributed by atoms with Crippen LogP contribution in [0.3, 0.4) is 0 Å². The molecule has 1 N–H and O–H groups in total. The van der Waals surface area contributed by atoms with E-state index in [1.54, 1.807) is 43.5 Å². The molecule has 1 amide bonds. The van der Waals surface area contributed by atoms with E-state index in [0.717, 1.165) is 16.1 Å². The van der Waals surface area contributed by atoms with Crippen molar-refractivity contribution in [3.05, 3.63) is 59.2 Å². The largest absolute Gasteiger partial charge is 0.497 e. The fraction of sp³-hybridized carbons (Fsp3) is 0.158. The Bertz CT molecular complexity index is 909. The van der Waals surface area contributed by atoms with Crippen molar-refractivity contribution in [1.82, 2.24) is 4.98 Å². The number of thiazole rings is 1. The quantitative estimate of drug-likeness (QED) is 0.701. The minimum atomic E-state index is -0.313. The van der Waals surface area contributed by atoms with Gasteiger partial charge in [0.25, 0.3) is 5.91 Å². The van der Waals surface area contributed by atoms with E-state index >= 15 is 0 Å². The summed E-state index contributed by atoms with van der Waals surface area (Å²) in [6.45, 7) is 1.76. The van der Waals surface area contributed by atoms with Crippen LogP contribution in [-0.4, -0.2) is 24.6 Å². The second-order valence-electron chi connectivity index (χ2n) is 5.45. The van der Waals surface area contributed by atoms with E-state index in [1.807, 2.05) is 6.92 Å². The SMILES string of the molecule is COc1cccc(OCC(=O)Nc2nc(-c3ccc(F)cc3)c(C)s2)c1. The molecule has 0 aliphatic heterocycles. The van der Waals surface area contributed by atoms with Crippen molar-refractivity contribution in [3.63, 3.8) is 0 Å². The molecule has 0 atom stereocenters. The zero-order valence-corrected chi connectivity index (χ0v) is 15.1. The van der Waals surface area contributed by atoms with Gasteiger partial charge in [-0.1, -0.05) is 6.07 Å².